The van der Waals surface area contributed by atoms with E-state index in [0.717, 1.165) is 0 Å². The van der Waals surface area contributed by atoms with E-state index in [1.165, 1.54) is 11.0 Å². The molecule has 0 aromatic rings. The molecule has 1 aliphatic heterocycles. The second-order valence-corrected chi connectivity index (χ2v) is 4.64. The molecule has 0 saturated carbocycles. The van der Waals surface area contributed by atoms with Gasteiger partial charge in [-0.2, -0.15) is 0 Å². The minimum Gasteiger partial charge on any atom is -0.480 e. The maximum absolute atomic E-state index is 11.9. The summed E-state index contributed by atoms with van der Waals surface area (Å²) in [6, 6.07) is -1.35. The first kappa shape index (κ1) is 14.5. The molecule has 0 aliphatic carbocycles. The number of carboxylic acid groups (broad SMARTS) is 1. The summed E-state index contributed by atoms with van der Waals surface area (Å²) in [7, 11) is 0. The summed E-state index contributed by atoms with van der Waals surface area (Å²) in [6.45, 7) is 6.21. The van der Waals surface area contributed by atoms with Crippen molar-refractivity contribution in [3.63, 3.8) is 0 Å². The standard InChI is InChI=1S/C12H20N2O4/c1-3-4-9(11(16)17)13-12(18)14-6-5-10(15)8(2)7-14/h3,8-10,15H,1,4-7H2,2H3,(H,13,18)(H,16,17). The molecular formula is C12H20N2O4. The molecule has 1 heterocycles. The van der Waals surface area contributed by atoms with Crippen molar-refractivity contribution >= 4 is 12.0 Å². The molecule has 0 aromatic carbocycles. The Morgan fingerprint density at radius 3 is 2.78 bits per heavy atom. The van der Waals surface area contributed by atoms with Crippen molar-refractivity contribution in [1.82, 2.24) is 10.2 Å². The number of aliphatic hydroxyl groups is 1. The van der Waals surface area contributed by atoms with Crippen LogP contribution in [0.3, 0.4) is 0 Å². The van der Waals surface area contributed by atoms with Gasteiger partial charge in [-0.3, -0.25) is 0 Å². The number of aliphatic carboxylic acids is 1. The first-order chi connectivity index (χ1) is 8.45. The number of nitrogens with zero attached hydrogens (tertiary/aromatic N) is 1. The maximum atomic E-state index is 11.9. The van der Waals surface area contributed by atoms with Crippen molar-refractivity contribution < 1.29 is 19.8 Å². The molecule has 6 nitrogen and oxygen atoms in total. The van der Waals surface area contributed by atoms with E-state index in [2.05, 4.69) is 11.9 Å². The van der Waals surface area contributed by atoms with Crippen molar-refractivity contribution in [2.75, 3.05) is 13.1 Å². The number of nitrogens with one attached hydrogen (secondary N) is 1. The lowest BCUT2D eigenvalue weighted by Gasteiger charge is -2.34. The van der Waals surface area contributed by atoms with Gasteiger partial charge < -0.3 is 20.4 Å². The Labute approximate surface area is 106 Å². The Kier molecular flexibility index (Phi) is 5.15. The molecule has 3 atom stereocenters. The van der Waals surface area contributed by atoms with Gasteiger partial charge in [0.2, 0.25) is 0 Å². The molecule has 3 unspecified atom stereocenters. The highest BCUT2D eigenvalue weighted by atomic mass is 16.4. The Morgan fingerprint density at radius 2 is 2.28 bits per heavy atom. The molecule has 0 aromatic heterocycles. The molecule has 18 heavy (non-hydrogen) atoms. The number of piperidine rings is 1. The van der Waals surface area contributed by atoms with Crippen molar-refractivity contribution in [2.24, 2.45) is 5.92 Å². The van der Waals surface area contributed by atoms with Gasteiger partial charge in [0, 0.05) is 13.1 Å². The van der Waals surface area contributed by atoms with E-state index in [4.69, 9.17) is 5.11 Å². The van der Waals surface area contributed by atoms with Crippen molar-refractivity contribution in [3.05, 3.63) is 12.7 Å². The van der Waals surface area contributed by atoms with Gasteiger partial charge in [-0.15, -0.1) is 6.58 Å². The van der Waals surface area contributed by atoms with Gasteiger partial charge in [0.25, 0.3) is 0 Å². The van der Waals surface area contributed by atoms with Gasteiger partial charge >= 0.3 is 12.0 Å². The topological polar surface area (TPSA) is 89.9 Å². The van der Waals surface area contributed by atoms with Crippen LogP contribution in [0.25, 0.3) is 0 Å². The minimum atomic E-state index is -1.08. The first-order valence-corrected chi connectivity index (χ1v) is 6.03. The van der Waals surface area contributed by atoms with E-state index in [1.54, 1.807) is 0 Å². The number of amides is 2. The third-order valence-electron chi connectivity index (χ3n) is 3.15. The Balaban J connectivity index is 2.54. The SMILES string of the molecule is C=CCC(NC(=O)N1CCC(O)C(C)C1)C(=O)O. The summed E-state index contributed by atoms with van der Waals surface area (Å²) in [6.07, 6.45) is 1.78. The average molecular weight is 256 g/mol. The van der Waals surface area contributed by atoms with Crippen LogP contribution in [-0.2, 0) is 4.79 Å². The number of carbonyl (C=O) groups is 2. The van der Waals surface area contributed by atoms with Crippen molar-refractivity contribution in [2.45, 2.75) is 31.9 Å². The van der Waals surface area contributed by atoms with Crippen LogP contribution in [0.15, 0.2) is 12.7 Å². The number of aliphatic hydroxyl groups excluding tert-OH is 1. The highest BCUT2D eigenvalue weighted by molar-refractivity contribution is 5.82. The average Bonchev–Trinajstić information content (AvgIpc) is 2.31. The second-order valence-electron chi connectivity index (χ2n) is 4.64. The van der Waals surface area contributed by atoms with Crippen LogP contribution in [0.2, 0.25) is 0 Å². The molecule has 0 spiro atoms. The van der Waals surface area contributed by atoms with Gasteiger partial charge in [-0.25, -0.2) is 9.59 Å². The van der Waals surface area contributed by atoms with Crippen LogP contribution in [0.4, 0.5) is 4.79 Å². The van der Waals surface area contributed by atoms with Gasteiger partial charge in [0.1, 0.15) is 6.04 Å². The molecule has 1 rings (SSSR count). The van der Waals surface area contributed by atoms with E-state index in [1.807, 2.05) is 6.92 Å². The summed E-state index contributed by atoms with van der Waals surface area (Å²) in [5.41, 5.74) is 0. The van der Waals surface area contributed by atoms with Crippen LogP contribution in [0.5, 0.6) is 0 Å². The van der Waals surface area contributed by atoms with Gasteiger partial charge in [-0.05, 0) is 18.8 Å². The fraction of sp³-hybridized carbons (Fsp3) is 0.667. The number of likely N-dealkylation sites (tertiary alicyclic amines) is 1. The predicted molar refractivity (Wildman–Crippen MR) is 66.1 cm³/mol. The van der Waals surface area contributed by atoms with Gasteiger partial charge in [-0.1, -0.05) is 13.0 Å². The molecule has 3 N–H and O–H groups in total. The zero-order chi connectivity index (χ0) is 13.7. The summed E-state index contributed by atoms with van der Waals surface area (Å²) < 4.78 is 0. The smallest absolute Gasteiger partial charge is 0.326 e. The van der Waals surface area contributed by atoms with Gasteiger partial charge in [0.15, 0.2) is 0 Å². The van der Waals surface area contributed by atoms with Crippen LogP contribution in [-0.4, -0.2) is 52.3 Å². The number of hydrogen-bond acceptors (Lipinski definition) is 3. The molecular weight excluding hydrogens is 236 g/mol. The maximum Gasteiger partial charge on any atom is 0.326 e. The van der Waals surface area contributed by atoms with E-state index in [-0.39, 0.29) is 12.3 Å². The lowest BCUT2D eigenvalue weighted by atomic mass is 9.97. The van der Waals surface area contributed by atoms with Crippen LogP contribution < -0.4 is 5.32 Å². The number of carboxylic acids is 1. The van der Waals surface area contributed by atoms with E-state index in [9.17, 15) is 14.7 Å². The van der Waals surface area contributed by atoms with Crippen molar-refractivity contribution in [3.8, 4) is 0 Å². The summed E-state index contributed by atoms with van der Waals surface area (Å²) in [5.74, 6) is -1.07. The zero-order valence-corrected chi connectivity index (χ0v) is 10.5. The third-order valence-corrected chi connectivity index (χ3v) is 3.15. The third kappa shape index (κ3) is 3.73. The molecule has 2 amide bonds. The zero-order valence-electron chi connectivity index (χ0n) is 10.5. The normalized spacial score (nSPS) is 25.3. The van der Waals surface area contributed by atoms with Crippen LogP contribution in [0, 0.1) is 5.92 Å². The lowest BCUT2D eigenvalue weighted by Crippen LogP contribution is -2.52. The number of urea groups is 1. The monoisotopic (exact) mass is 256 g/mol. The molecule has 0 radical (unpaired) electrons. The number of carbonyl (C=O) groups excluding carboxylic acids is 1. The molecule has 1 fully saturated rings. The molecule has 6 heteroatoms. The minimum absolute atomic E-state index is 0.00665. The van der Waals surface area contributed by atoms with E-state index in [0.29, 0.717) is 19.5 Å². The molecule has 0 bridgehead atoms. The Hall–Kier alpha value is -1.56. The van der Waals surface area contributed by atoms with E-state index >= 15 is 0 Å². The molecule has 1 saturated heterocycles. The summed E-state index contributed by atoms with van der Waals surface area (Å²) >= 11 is 0. The van der Waals surface area contributed by atoms with E-state index < -0.39 is 24.1 Å². The Morgan fingerprint density at radius 1 is 1.61 bits per heavy atom. The summed E-state index contributed by atoms with van der Waals surface area (Å²) in [5, 5.41) is 20.9. The number of hydrogen-bond donors (Lipinski definition) is 3. The predicted octanol–water partition coefficient (Wildman–Crippen LogP) is 0.428. The molecule has 102 valence electrons. The second kappa shape index (κ2) is 6.39. The van der Waals surface area contributed by atoms with Gasteiger partial charge in [0.05, 0.1) is 6.10 Å². The molecule has 1 aliphatic rings. The number of rotatable bonds is 4. The first-order valence-electron chi connectivity index (χ1n) is 6.03. The van der Waals surface area contributed by atoms with Crippen molar-refractivity contribution in [1.29, 1.82) is 0 Å². The fourth-order valence-electron chi connectivity index (χ4n) is 1.95. The highest BCUT2D eigenvalue weighted by Crippen LogP contribution is 2.16. The fourth-order valence-corrected chi connectivity index (χ4v) is 1.95. The highest BCUT2D eigenvalue weighted by Gasteiger charge is 2.29. The largest absolute Gasteiger partial charge is 0.480 e. The van der Waals surface area contributed by atoms with Crippen LogP contribution >= 0.6 is 0 Å². The lowest BCUT2D eigenvalue weighted by molar-refractivity contribution is -0.139. The van der Waals surface area contributed by atoms with Crippen LogP contribution in [0.1, 0.15) is 19.8 Å². The quantitative estimate of drug-likeness (QED) is 0.636. The summed E-state index contributed by atoms with van der Waals surface area (Å²) in [4.78, 5) is 24.3. The Bertz CT molecular complexity index is 332.